The van der Waals surface area contributed by atoms with Crippen LogP contribution in [0, 0.1) is 5.82 Å². The third kappa shape index (κ3) is 4.54. The summed E-state index contributed by atoms with van der Waals surface area (Å²) in [6.45, 7) is 12.2. The number of amides is 2. The average Bonchev–Trinajstić information content (AvgIpc) is 2.93. The molecule has 2 aliphatic rings. The highest BCUT2D eigenvalue weighted by Gasteiger charge is 2.46. The van der Waals surface area contributed by atoms with E-state index in [9.17, 15) is 14.0 Å². The van der Waals surface area contributed by atoms with Crippen LogP contribution in [0.25, 0.3) is 0 Å². The van der Waals surface area contributed by atoms with Gasteiger partial charge in [0.1, 0.15) is 11.4 Å². The molecular weight excluding hydrogens is 421 g/mol. The number of nitrogens with zero attached hydrogens (tertiary/aromatic N) is 3. The Balaban J connectivity index is 1.57. The van der Waals surface area contributed by atoms with Gasteiger partial charge in [0.05, 0.1) is 17.6 Å². The average molecular weight is 454 g/mol. The van der Waals surface area contributed by atoms with E-state index < -0.39 is 11.0 Å². The predicted octanol–water partition coefficient (Wildman–Crippen LogP) is 4.71. The van der Waals surface area contributed by atoms with Gasteiger partial charge < -0.3 is 19.4 Å². The van der Waals surface area contributed by atoms with E-state index >= 15 is 0 Å². The standard InChI is InChI=1S/C26H32FN3O3/c1-25(2,3)33-24(32)29-14-12-28(13-15-29)20-10-7-11-21-22(20)26(4,5)23(31)30(21)17-18-8-6-9-19(27)16-18/h6-11,16H,12-15,17H2,1-5H3. The summed E-state index contributed by atoms with van der Waals surface area (Å²) in [4.78, 5) is 31.6. The van der Waals surface area contributed by atoms with Crippen molar-refractivity contribution < 1.29 is 18.7 Å². The number of carbonyl (C=O) groups is 2. The van der Waals surface area contributed by atoms with E-state index in [0.29, 0.717) is 32.7 Å². The molecule has 2 aromatic rings. The number of piperazine rings is 1. The molecule has 0 bridgehead atoms. The number of hydrogen-bond donors (Lipinski definition) is 0. The maximum absolute atomic E-state index is 13.7. The Kier molecular flexibility index (Phi) is 5.85. The van der Waals surface area contributed by atoms with E-state index in [4.69, 9.17) is 4.74 Å². The number of halogens is 1. The first-order chi connectivity index (χ1) is 15.5. The summed E-state index contributed by atoms with van der Waals surface area (Å²) in [6, 6.07) is 12.3. The lowest BCUT2D eigenvalue weighted by Gasteiger charge is -2.38. The lowest BCUT2D eigenvalue weighted by Crippen LogP contribution is -2.50. The van der Waals surface area contributed by atoms with Crippen LogP contribution in [0.1, 0.15) is 45.7 Å². The summed E-state index contributed by atoms with van der Waals surface area (Å²) >= 11 is 0. The van der Waals surface area contributed by atoms with Gasteiger partial charge in [-0.1, -0.05) is 18.2 Å². The Morgan fingerprint density at radius 1 is 1.03 bits per heavy atom. The van der Waals surface area contributed by atoms with Crippen LogP contribution in [0.3, 0.4) is 0 Å². The predicted molar refractivity (Wildman–Crippen MR) is 127 cm³/mol. The zero-order chi connectivity index (χ0) is 24.0. The van der Waals surface area contributed by atoms with Crippen LogP contribution in [0.2, 0.25) is 0 Å². The molecule has 1 fully saturated rings. The van der Waals surface area contributed by atoms with Crippen molar-refractivity contribution in [1.29, 1.82) is 0 Å². The van der Waals surface area contributed by atoms with Crippen LogP contribution in [-0.2, 0) is 21.5 Å². The van der Waals surface area contributed by atoms with Crippen LogP contribution in [-0.4, -0.2) is 48.7 Å². The van der Waals surface area contributed by atoms with Gasteiger partial charge in [0, 0.05) is 37.4 Å². The summed E-state index contributed by atoms with van der Waals surface area (Å²) in [5, 5.41) is 0. The molecule has 2 amide bonds. The van der Waals surface area contributed by atoms with Crippen molar-refractivity contribution in [2.45, 2.75) is 52.2 Å². The molecule has 176 valence electrons. The number of carbonyl (C=O) groups excluding carboxylic acids is 2. The third-order valence-corrected chi connectivity index (χ3v) is 6.22. The molecule has 0 atom stereocenters. The van der Waals surface area contributed by atoms with Crippen molar-refractivity contribution in [1.82, 2.24) is 4.90 Å². The van der Waals surface area contributed by atoms with Crippen LogP contribution < -0.4 is 9.80 Å². The van der Waals surface area contributed by atoms with Gasteiger partial charge in [-0.05, 0) is 64.4 Å². The molecule has 0 spiro atoms. The summed E-state index contributed by atoms with van der Waals surface area (Å²) in [5.74, 6) is -0.308. The Bertz CT molecular complexity index is 1070. The summed E-state index contributed by atoms with van der Waals surface area (Å²) in [5.41, 5.74) is 2.38. The lowest BCUT2D eigenvalue weighted by molar-refractivity contribution is -0.122. The quantitative estimate of drug-likeness (QED) is 0.676. The van der Waals surface area contributed by atoms with Gasteiger partial charge in [0.2, 0.25) is 5.91 Å². The first kappa shape index (κ1) is 23.1. The van der Waals surface area contributed by atoms with Crippen LogP contribution in [0.4, 0.5) is 20.6 Å². The molecule has 0 unspecified atom stereocenters. The van der Waals surface area contributed by atoms with E-state index in [0.717, 1.165) is 22.5 Å². The second-order valence-electron chi connectivity index (χ2n) is 10.3. The summed E-state index contributed by atoms with van der Waals surface area (Å²) in [6.07, 6.45) is -0.294. The van der Waals surface area contributed by atoms with Crippen molar-refractivity contribution in [2.24, 2.45) is 0 Å². The van der Waals surface area contributed by atoms with Crippen LogP contribution in [0.15, 0.2) is 42.5 Å². The van der Waals surface area contributed by atoms with Crippen molar-refractivity contribution in [3.63, 3.8) is 0 Å². The SMILES string of the molecule is CC(C)(C)OC(=O)N1CCN(c2cccc3c2C(C)(C)C(=O)N3Cc2cccc(F)c2)CC1. The topological polar surface area (TPSA) is 53.1 Å². The number of ether oxygens (including phenoxy) is 1. The van der Waals surface area contributed by atoms with Crippen molar-refractivity contribution in [3.8, 4) is 0 Å². The molecule has 0 saturated carbocycles. The molecule has 33 heavy (non-hydrogen) atoms. The Morgan fingerprint density at radius 3 is 2.30 bits per heavy atom. The lowest BCUT2D eigenvalue weighted by atomic mass is 9.84. The first-order valence-electron chi connectivity index (χ1n) is 11.4. The first-order valence-corrected chi connectivity index (χ1v) is 11.4. The molecule has 0 aromatic heterocycles. The number of rotatable bonds is 3. The number of fused-ring (bicyclic) bond motifs is 1. The van der Waals surface area contributed by atoms with Gasteiger partial charge in [0.15, 0.2) is 0 Å². The monoisotopic (exact) mass is 453 g/mol. The van der Waals surface area contributed by atoms with Gasteiger partial charge >= 0.3 is 6.09 Å². The number of benzene rings is 2. The van der Waals surface area contributed by atoms with E-state index in [2.05, 4.69) is 4.90 Å². The van der Waals surface area contributed by atoms with E-state index in [-0.39, 0.29) is 17.8 Å². The van der Waals surface area contributed by atoms with Gasteiger partial charge in [-0.3, -0.25) is 4.79 Å². The van der Waals surface area contributed by atoms with E-state index in [1.807, 2.05) is 58.9 Å². The second-order valence-corrected chi connectivity index (χ2v) is 10.3. The minimum atomic E-state index is -0.707. The maximum Gasteiger partial charge on any atom is 0.410 e. The fraction of sp³-hybridized carbons (Fsp3) is 0.462. The summed E-state index contributed by atoms with van der Waals surface area (Å²) in [7, 11) is 0. The molecular formula is C26H32FN3O3. The fourth-order valence-electron chi connectivity index (χ4n) is 4.64. The van der Waals surface area contributed by atoms with Crippen LogP contribution >= 0.6 is 0 Å². The molecule has 2 aromatic carbocycles. The minimum Gasteiger partial charge on any atom is -0.444 e. The van der Waals surface area contributed by atoms with E-state index in [1.54, 1.807) is 15.9 Å². The smallest absolute Gasteiger partial charge is 0.410 e. The molecule has 1 saturated heterocycles. The number of anilines is 2. The van der Waals surface area contributed by atoms with Gasteiger partial charge in [-0.15, -0.1) is 0 Å². The highest BCUT2D eigenvalue weighted by atomic mass is 19.1. The Hall–Kier alpha value is -3.09. The molecule has 2 aliphatic heterocycles. The molecule has 0 radical (unpaired) electrons. The van der Waals surface area contributed by atoms with Crippen molar-refractivity contribution >= 4 is 23.4 Å². The highest BCUT2D eigenvalue weighted by molar-refractivity contribution is 6.09. The molecule has 4 rings (SSSR count). The Labute approximate surface area is 194 Å². The molecule has 0 aliphatic carbocycles. The van der Waals surface area contributed by atoms with Crippen molar-refractivity contribution in [2.75, 3.05) is 36.0 Å². The molecule has 6 nitrogen and oxygen atoms in total. The molecule has 7 heteroatoms. The van der Waals surface area contributed by atoms with Gasteiger partial charge in [-0.2, -0.15) is 0 Å². The Morgan fingerprint density at radius 2 is 1.67 bits per heavy atom. The highest BCUT2D eigenvalue weighted by Crippen LogP contribution is 2.47. The number of hydrogen-bond acceptors (Lipinski definition) is 4. The molecule has 2 heterocycles. The van der Waals surface area contributed by atoms with Gasteiger partial charge in [0.25, 0.3) is 0 Å². The zero-order valence-corrected chi connectivity index (χ0v) is 20.0. The van der Waals surface area contributed by atoms with Crippen molar-refractivity contribution in [3.05, 3.63) is 59.4 Å². The second kappa shape index (κ2) is 8.36. The zero-order valence-electron chi connectivity index (χ0n) is 20.0. The van der Waals surface area contributed by atoms with E-state index in [1.165, 1.54) is 12.1 Å². The summed E-state index contributed by atoms with van der Waals surface area (Å²) < 4.78 is 19.2. The van der Waals surface area contributed by atoms with Gasteiger partial charge in [-0.25, -0.2) is 9.18 Å². The normalized spacial score (nSPS) is 17.9. The minimum absolute atomic E-state index is 0.00148. The van der Waals surface area contributed by atoms with Crippen LogP contribution in [0.5, 0.6) is 0 Å². The fourth-order valence-corrected chi connectivity index (χ4v) is 4.64. The maximum atomic E-state index is 13.7. The third-order valence-electron chi connectivity index (χ3n) is 6.22. The largest absolute Gasteiger partial charge is 0.444 e. The molecule has 0 N–H and O–H groups in total.